The molecule has 1 aromatic carbocycles. The second kappa shape index (κ2) is 8.16. The van der Waals surface area contributed by atoms with Gasteiger partial charge in [-0.05, 0) is 75.9 Å². The number of hydrogen-bond acceptors (Lipinski definition) is 5. The van der Waals surface area contributed by atoms with Crippen LogP contribution in [0.2, 0.25) is 0 Å². The van der Waals surface area contributed by atoms with E-state index in [-0.39, 0.29) is 21.9 Å². The molecule has 2 aliphatic rings. The van der Waals surface area contributed by atoms with Gasteiger partial charge in [0.1, 0.15) is 0 Å². The Morgan fingerprint density at radius 3 is 2.00 bits per heavy atom. The van der Waals surface area contributed by atoms with Gasteiger partial charge in [-0.15, -0.1) is 0 Å². The minimum atomic E-state index is -3.67. The Morgan fingerprint density at radius 2 is 1.48 bits per heavy atom. The molecule has 2 N–H and O–H groups in total. The maximum atomic E-state index is 12.5. The molecule has 0 bridgehead atoms. The van der Waals surface area contributed by atoms with Crippen molar-refractivity contribution in [2.45, 2.75) is 61.4 Å². The van der Waals surface area contributed by atoms with Gasteiger partial charge in [0.2, 0.25) is 20.0 Å². The van der Waals surface area contributed by atoms with Gasteiger partial charge in [-0.3, -0.25) is 4.90 Å². The number of nitrogens with one attached hydrogen (secondary N) is 2. The fourth-order valence-electron chi connectivity index (χ4n) is 3.20. The molecule has 1 atom stereocenters. The largest absolute Gasteiger partial charge is 0.299 e. The molecule has 27 heavy (non-hydrogen) atoms. The van der Waals surface area contributed by atoms with Crippen molar-refractivity contribution in [1.82, 2.24) is 14.3 Å². The molecule has 0 amide bonds. The predicted octanol–water partition coefficient (Wildman–Crippen LogP) is 1.53. The Labute approximate surface area is 162 Å². The number of piperidine rings is 1. The molecule has 152 valence electrons. The zero-order valence-electron chi connectivity index (χ0n) is 15.9. The van der Waals surface area contributed by atoms with Crippen LogP contribution in [0.15, 0.2) is 34.1 Å². The average molecular weight is 416 g/mol. The van der Waals surface area contributed by atoms with Crippen LogP contribution in [0, 0.1) is 5.92 Å². The highest BCUT2D eigenvalue weighted by molar-refractivity contribution is 7.90. The summed E-state index contributed by atoms with van der Waals surface area (Å²) in [6.45, 7) is 6.59. The molecular weight excluding hydrogens is 386 g/mol. The first-order valence-electron chi connectivity index (χ1n) is 9.53. The summed E-state index contributed by atoms with van der Waals surface area (Å²) in [6, 6.07) is 5.51. The van der Waals surface area contributed by atoms with Gasteiger partial charge in [0, 0.05) is 18.6 Å². The van der Waals surface area contributed by atoms with Crippen molar-refractivity contribution < 1.29 is 16.8 Å². The highest BCUT2D eigenvalue weighted by atomic mass is 32.2. The van der Waals surface area contributed by atoms with Crippen LogP contribution in [0.4, 0.5) is 0 Å². The van der Waals surface area contributed by atoms with E-state index in [0.717, 1.165) is 44.7 Å². The van der Waals surface area contributed by atoms with Crippen molar-refractivity contribution in [3.63, 3.8) is 0 Å². The lowest BCUT2D eigenvalue weighted by Crippen LogP contribution is -2.45. The van der Waals surface area contributed by atoms with Gasteiger partial charge in [-0.25, -0.2) is 26.3 Å². The van der Waals surface area contributed by atoms with Crippen molar-refractivity contribution >= 4 is 20.0 Å². The molecule has 1 aliphatic heterocycles. The molecule has 0 spiro atoms. The van der Waals surface area contributed by atoms with Crippen LogP contribution >= 0.6 is 0 Å². The SMILES string of the molecule is CC1CCN(C(C)CNS(=O)(=O)c2ccc(S(=O)(=O)NC3CC3)cc2)CC1. The zero-order valence-corrected chi connectivity index (χ0v) is 17.5. The van der Waals surface area contributed by atoms with Gasteiger partial charge in [0.15, 0.2) is 0 Å². The van der Waals surface area contributed by atoms with Crippen molar-refractivity contribution in [3.8, 4) is 0 Å². The Hall–Kier alpha value is -1.00. The van der Waals surface area contributed by atoms with E-state index in [1.165, 1.54) is 24.3 Å². The summed E-state index contributed by atoms with van der Waals surface area (Å²) in [5.41, 5.74) is 0. The van der Waals surface area contributed by atoms with Gasteiger partial charge < -0.3 is 0 Å². The molecule has 0 aromatic heterocycles. The summed E-state index contributed by atoms with van der Waals surface area (Å²) in [5.74, 6) is 0.731. The first-order valence-corrected chi connectivity index (χ1v) is 12.5. The Kier molecular flexibility index (Phi) is 6.27. The molecule has 1 heterocycles. The molecule has 9 heteroatoms. The van der Waals surface area contributed by atoms with Crippen LogP contribution in [-0.2, 0) is 20.0 Å². The number of rotatable bonds is 8. The number of hydrogen-bond donors (Lipinski definition) is 2. The standard InChI is InChI=1S/C18H29N3O4S2/c1-14-9-11-21(12-10-14)15(2)13-19-26(22,23)17-5-7-18(8-6-17)27(24,25)20-16-3-4-16/h5-8,14-16,19-20H,3-4,9-13H2,1-2H3. The maximum absolute atomic E-state index is 12.5. The number of nitrogens with zero attached hydrogens (tertiary/aromatic N) is 1. The van der Waals surface area contributed by atoms with E-state index in [1.807, 2.05) is 6.92 Å². The van der Waals surface area contributed by atoms with E-state index in [2.05, 4.69) is 21.3 Å². The van der Waals surface area contributed by atoms with Crippen molar-refractivity contribution in [1.29, 1.82) is 0 Å². The maximum Gasteiger partial charge on any atom is 0.240 e. The molecular formula is C18H29N3O4S2. The van der Waals surface area contributed by atoms with Gasteiger partial charge in [0.25, 0.3) is 0 Å². The summed E-state index contributed by atoms with van der Waals surface area (Å²) < 4.78 is 54.6. The number of benzene rings is 1. The van der Waals surface area contributed by atoms with E-state index in [0.29, 0.717) is 6.54 Å². The van der Waals surface area contributed by atoms with E-state index < -0.39 is 20.0 Å². The highest BCUT2D eigenvalue weighted by Crippen LogP contribution is 2.23. The van der Waals surface area contributed by atoms with Crippen molar-refractivity contribution in [2.75, 3.05) is 19.6 Å². The van der Waals surface area contributed by atoms with E-state index >= 15 is 0 Å². The van der Waals surface area contributed by atoms with Crippen molar-refractivity contribution in [3.05, 3.63) is 24.3 Å². The van der Waals surface area contributed by atoms with Crippen LogP contribution in [0.5, 0.6) is 0 Å². The van der Waals surface area contributed by atoms with E-state index in [4.69, 9.17) is 0 Å². The molecule has 7 nitrogen and oxygen atoms in total. The highest BCUT2D eigenvalue weighted by Gasteiger charge is 2.28. The molecule has 1 saturated heterocycles. The van der Waals surface area contributed by atoms with Gasteiger partial charge in [-0.2, -0.15) is 0 Å². The molecule has 3 rings (SSSR count). The Balaban J connectivity index is 1.59. The van der Waals surface area contributed by atoms with Crippen LogP contribution in [0.3, 0.4) is 0 Å². The lowest BCUT2D eigenvalue weighted by molar-refractivity contribution is 0.148. The molecule has 0 radical (unpaired) electrons. The first-order chi connectivity index (χ1) is 12.7. The minimum absolute atomic E-state index is 0.0133. The van der Waals surface area contributed by atoms with Crippen LogP contribution in [0.1, 0.15) is 39.5 Å². The average Bonchev–Trinajstić information content (AvgIpc) is 3.44. The fourth-order valence-corrected chi connectivity index (χ4v) is 5.63. The predicted molar refractivity (Wildman–Crippen MR) is 104 cm³/mol. The van der Waals surface area contributed by atoms with Crippen LogP contribution < -0.4 is 9.44 Å². The van der Waals surface area contributed by atoms with Crippen molar-refractivity contribution in [2.24, 2.45) is 5.92 Å². The van der Waals surface area contributed by atoms with Crippen LogP contribution in [-0.4, -0.2) is 53.5 Å². The molecule has 1 saturated carbocycles. The monoisotopic (exact) mass is 415 g/mol. The lowest BCUT2D eigenvalue weighted by atomic mass is 9.98. The topological polar surface area (TPSA) is 95.6 Å². The first kappa shape index (κ1) is 20.7. The van der Waals surface area contributed by atoms with E-state index in [9.17, 15) is 16.8 Å². The quantitative estimate of drug-likeness (QED) is 0.671. The second-order valence-electron chi connectivity index (χ2n) is 7.79. The number of likely N-dealkylation sites (tertiary alicyclic amines) is 1. The third kappa shape index (κ3) is 5.51. The van der Waals surface area contributed by atoms with Gasteiger partial charge in [0.05, 0.1) is 9.79 Å². The van der Waals surface area contributed by atoms with Gasteiger partial charge >= 0.3 is 0 Å². The summed E-state index contributed by atoms with van der Waals surface area (Å²) >= 11 is 0. The second-order valence-corrected chi connectivity index (χ2v) is 11.3. The Morgan fingerprint density at radius 1 is 0.963 bits per heavy atom. The van der Waals surface area contributed by atoms with E-state index in [1.54, 1.807) is 0 Å². The normalized spacial score (nSPS) is 21.3. The summed E-state index contributed by atoms with van der Waals surface area (Å²) in [5, 5.41) is 0. The summed E-state index contributed by atoms with van der Waals surface area (Å²) in [6.07, 6.45) is 3.98. The third-order valence-electron chi connectivity index (χ3n) is 5.35. The van der Waals surface area contributed by atoms with Crippen LogP contribution in [0.25, 0.3) is 0 Å². The third-order valence-corrected chi connectivity index (χ3v) is 8.33. The number of sulfonamides is 2. The zero-order chi connectivity index (χ0) is 19.7. The van der Waals surface area contributed by atoms with Gasteiger partial charge in [-0.1, -0.05) is 6.92 Å². The molecule has 1 unspecified atom stereocenters. The minimum Gasteiger partial charge on any atom is -0.299 e. The smallest absolute Gasteiger partial charge is 0.240 e. The summed E-state index contributed by atoms with van der Waals surface area (Å²) in [7, 11) is -7.25. The molecule has 2 fully saturated rings. The Bertz CT molecular complexity index is 841. The summed E-state index contributed by atoms with van der Waals surface area (Å²) in [4.78, 5) is 2.47. The molecule has 1 aromatic rings. The fraction of sp³-hybridized carbons (Fsp3) is 0.667. The lowest BCUT2D eigenvalue weighted by Gasteiger charge is -2.34. The molecule has 1 aliphatic carbocycles.